The Labute approximate surface area is 154 Å². The zero-order valence-electron chi connectivity index (χ0n) is 15.1. The summed E-state index contributed by atoms with van der Waals surface area (Å²) in [6, 6.07) is 10.6. The number of anilines is 1. The molecule has 0 amide bonds. The van der Waals surface area contributed by atoms with E-state index in [0.717, 1.165) is 26.2 Å². The van der Waals surface area contributed by atoms with Gasteiger partial charge in [-0.15, -0.1) is 11.3 Å². The van der Waals surface area contributed by atoms with Crippen molar-refractivity contribution < 1.29 is 9.84 Å². The highest BCUT2D eigenvalue weighted by atomic mass is 32.1. The summed E-state index contributed by atoms with van der Waals surface area (Å²) in [4.78, 5) is 5.99. The van der Waals surface area contributed by atoms with E-state index in [4.69, 9.17) is 4.74 Å². The molecule has 3 rings (SSSR count). The number of hydrogen-bond acceptors (Lipinski definition) is 5. The average Bonchev–Trinajstić information content (AvgIpc) is 3.12. The van der Waals surface area contributed by atoms with Crippen molar-refractivity contribution in [3.8, 4) is 0 Å². The van der Waals surface area contributed by atoms with Crippen LogP contribution in [0.5, 0.6) is 0 Å². The summed E-state index contributed by atoms with van der Waals surface area (Å²) in [5.74, 6) is 0. The van der Waals surface area contributed by atoms with Gasteiger partial charge in [0.15, 0.2) is 0 Å². The van der Waals surface area contributed by atoms with Gasteiger partial charge in [0.25, 0.3) is 0 Å². The molecular formula is C20H28N2O2S. The number of aliphatic hydroxyl groups excluding tert-OH is 1. The summed E-state index contributed by atoms with van der Waals surface area (Å²) in [5, 5.41) is 12.3. The Bertz CT molecular complexity index is 652. The van der Waals surface area contributed by atoms with Crippen molar-refractivity contribution in [1.82, 2.24) is 4.90 Å². The smallest absolute Gasteiger partial charge is 0.0900 e. The molecule has 0 unspecified atom stereocenters. The molecule has 0 spiro atoms. The number of thiophene rings is 1. The molecule has 1 atom stereocenters. The van der Waals surface area contributed by atoms with Gasteiger partial charge in [0.2, 0.25) is 0 Å². The Balaban J connectivity index is 1.40. The summed E-state index contributed by atoms with van der Waals surface area (Å²) in [5.41, 5.74) is 4.07. The Hall–Kier alpha value is -1.40. The van der Waals surface area contributed by atoms with Gasteiger partial charge in [0.1, 0.15) is 0 Å². The second-order valence-electron chi connectivity index (χ2n) is 6.76. The van der Waals surface area contributed by atoms with Crippen LogP contribution in [0.15, 0.2) is 35.7 Å². The zero-order valence-corrected chi connectivity index (χ0v) is 16.0. The van der Waals surface area contributed by atoms with E-state index in [1.165, 1.54) is 21.7 Å². The molecule has 25 heavy (non-hydrogen) atoms. The molecular weight excluding hydrogens is 332 g/mol. The standard InChI is InChI=1S/C20H28N2O2S/c1-16-5-3-7-20(17(16)2)22-10-8-21(9-11-22)13-18(23)14-24-15-19-6-4-12-25-19/h3-7,12,18,23H,8-11,13-15H2,1-2H3/t18-/m1/s1. The minimum absolute atomic E-state index is 0.398. The third kappa shape index (κ3) is 5.05. The number of benzene rings is 1. The van der Waals surface area contributed by atoms with E-state index in [9.17, 15) is 5.11 Å². The molecule has 0 saturated carbocycles. The first-order chi connectivity index (χ1) is 12.1. The number of aryl methyl sites for hydroxylation is 1. The SMILES string of the molecule is Cc1cccc(N2CCN(C[C@@H](O)COCc3cccs3)CC2)c1C. The van der Waals surface area contributed by atoms with Crippen LogP contribution >= 0.6 is 11.3 Å². The van der Waals surface area contributed by atoms with Crippen LogP contribution in [0.3, 0.4) is 0 Å². The van der Waals surface area contributed by atoms with Gasteiger partial charge < -0.3 is 14.7 Å². The van der Waals surface area contributed by atoms with E-state index in [1.54, 1.807) is 11.3 Å². The largest absolute Gasteiger partial charge is 0.389 e. The number of aliphatic hydroxyl groups is 1. The van der Waals surface area contributed by atoms with Crippen molar-refractivity contribution in [3.05, 3.63) is 51.7 Å². The van der Waals surface area contributed by atoms with Crippen molar-refractivity contribution in [2.45, 2.75) is 26.6 Å². The van der Waals surface area contributed by atoms with Crippen molar-refractivity contribution in [2.24, 2.45) is 0 Å². The maximum absolute atomic E-state index is 10.2. The van der Waals surface area contributed by atoms with E-state index < -0.39 is 6.10 Å². The first-order valence-corrected chi connectivity index (χ1v) is 9.83. The molecule has 1 fully saturated rings. The van der Waals surface area contributed by atoms with Crippen molar-refractivity contribution in [3.63, 3.8) is 0 Å². The van der Waals surface area contributed by atoms with E-state index in [2.05, 4.69) is 47.9 Å². The minimum Gasteiger partial charge on any atom is -0.389 e. The number of β-amino-alcohol motifs (C(OH)–C–C–N with tert-alkyl or cyclic N) is 1. The topological polar surface area (TPSA) is 35.9 Å². The van der Waals surface area contributed by atoms with Crippen molar-refractivity contribution in [2.75, 3.05) is 44.2 Å². The highest BCUT2D eigenvalue weighted by molar-refractivity contribution is 7.09. The van der Waals surface area contributed by atoms with Gasteiger partial charge in [-0.1, -0.05) is 18.2 Å². The number of nitrogens with zero attached hydrogens (tertiary/aromatic N) is 2. The Morgan fingerprint density at radius 1 is 1.12 bits per heavy atom. The average molecular weight is 361 g/mol. The Morgan fingerprint density at radius 3 is 2.64 bits per heavy atom. The van der Waals surface area contributed by atoms with Crippen LogP contribution in [-0.4, -0.2) is 55.4 Å². The maximum Gasteiger partial charge on any atom is 0.0900 e. The van der Waals surface area contributed by atoms with E-state index >= 15 is 0 Å². The lowest BCUT2D eigenvalue weighted by Gasteiger charge is -2.37. The molecule has 1 aliphatic rings. The summed E-state index contributed by atoms with van der Waals surface area (Å²) in [6.07, 6.45) is -0.424. The van der Waals surface area contributed by atoms with Crippen LogP contribution in [0.1, 0.15) is 16.0 Å². The van der Waals surface area contributed by atoms with Gasteiger partial charge >= 0.3 is 0 Å². The van der Waals surface area contributed by atoms with Gasteiger partial charge in [-0.2, -0.15) is 0 Å². The second kappa shape index (κ2) is 8.81. The predicted octanol–water partition coefficient (Wildman–Crippen LogP) is 3.06. The summed E-state index contributed by atoms with van der Waals surface area (Å²) in [6.45, 7) is 10.0. The Kier molecular flexibility index (Phi) is 6.48. The number of piperazine rings is 1. The molecule has 1 aromatic carbocycles. The third-order valence-corrected chi connectivity index (χ3v) is 5.74. The summed E-state index contributed by atoms with van der Waals surface area (Å²) >= 11 is 1.69. The van der Waals surface area contributed by atoms with E-state index in [-0.39, 0.29) is 0 Å². The molecule has 2 heterocycles. The lowest BCUT2D eigenvalue weighted by Crippen LogP contribution is -2.49. The Morgan fingerprint density at radius 2 is 1.92 bits per heavy atom. The van der Waals surface area contributed by atoms with E-state index in [1.807, 2.05) is 11.4 Å². The molecule has 5 heteroatoms. The predicted molar refractivity (Wildman–Crippen MR) is 105 cm³/mol. The van der Waals surface area contributed by atoms with Crippen molar-refractivity contribution >= 4 is 17.0 Å². The first-order valence-electron chi connectivity index (χ1n) is 8.95. The lowest BCUT2D eigenvalue weighted by molar-refractivity contribution is 0.00991. The molecule has 4 nitrogen and oxygen atoms in total. The highest BCUT2D eigenvalue weighted by Crippen LogP contribution is 2.23. The molecule has 1 aliphatic heterocycles. The fraction of sp³-hybridized carbons (Fsp3) is 0.500. The number of rotatable bonds is 7. The second-order valence-corrected chi connectivity index (χ2v) is 7.79. The van der Waals surface area contributed by atoms with Crippen molar-refractivity contribution in [1.29, 1.82) is 0 Å². The van der Waals surface area contributed by atoms with E-state index in [0.29, 0.717) is 19.8 Å². The third-order valence-electron chi connectivity index (χ3n) is 4.89. The van der Waals surface area contributed by atoms with Crippen LogP contribution in [0.2, 0.25) is 0 Å². The maximum atomic E-state index is 10.2. The molecule has 1 N–H and O–H groups in total. The fourth-order valence-electron chi connectivity index (χ4n) is 3.29. The van der Waals surface area contributed by atoms with Crippen LogP contribution in [0, 0.1) is 13.8 Å². The first kappa shape index (κ1) is 18.4. The number of hydrogen-bond donors (Lipinski definition) is 1. The molecule has 1 saturated heterocycles. The molecule has 136 valence electrons. The minimum atomic E-state index is -0.424. The molecule has 2 aromatic rings. The molecule has 1 aromatic heterocycles. The highest BCUT2D eigenvalue weighted by Gasteiger charge is 2.20. The summed E-state index contributed by atoms with van der Waals surface area (Å²) in [7, 11) is 0. The van der Waals surface area contributed by atoms with Crippen LogP contribution in [0.4, 0.5) is 5.69 Å². The number of ether oxygens (including phenoxy) is 1. The monoisotopic (exact) mass is 360 g/mol. The van der Waals surface area contributed by atoms with Gasteiger partial charge in [-0.25, -0.2) is 0 Å². The molecule has 0 aliphatic carbocycles. The van der Waals surface area contributed by atoms with Crippen LogP contribution in [0.25, 0.3) is 0 Å². The zero-order chi connectivity index (χ0) is 17.6. The lowest BCUT2D eigenvalue weighted by atomic mass is 10.1. The van der Waals surface area contributed by atoms with Gasteiger partial charge in [0.05, 0.1) is 19.3 Å². The quantitative estimate of drug-likeness (QED) is 0.823. The van der Waals surface area contributed by atoms with Gasteiger partial charge in [-0.3, -0.25) is 4.90 Å². The van der Waals surface area contributed by atoms with Crippen LogP contribution in [-0.2, 0) is 11.3 Å². The summed E-state index contributed by atoms with van der Waals surface area (Å²) < 4.78 is 5.62. The van der Waals surface area contributed by atoms with Gasteiger partial charge in [-0.05, 0) is 42.5 Å². The van der Waals surface area contributed by atoms with Gasteiger partial charge in [0, 0.05) is 43.3 Å². The molecule has 0 bridgehead atoms. The molecule has 0 radical (unpaired) electrons. The fourth-order valence-corrected chi connectivity index (χ4v) is 3.93. The van der Waals surface area contributed by atoms with Crippen LogP contribution < -0.4 is 4.90 Å². The normalized spacial score (nSPS) is 17.0.